The number of nitrogens with two attached hydrogens (primary N) is 1. The zero-order chi connectivity index (χ0) is 13.5. The van der Waals surface area contributed by atoms with Crippen molar-refractivity contribution in [3.63, 3.8) is 0 Å². The molecule has 0 amide bonds. The molecule has 0 fully saturated rings. The van der Waals surface area contributed by atoms with Crippen molar-refractivity contribution in [2.24, 2.45) is 10.7 Å². The van der Waals surface area contributed by atoms with E-state index in [-0.39, 0.29) is 16.7 Å². The van der Waals surface area contributed by atoms with Gasteiger partial charge in [0.15, 0.2) is 8.32 Å². The number of hydrogen-bond acceptors (Lipinski definition) is 3. The summed E-state index contributed by atoms with van der Waals surface area (Å²) < 4.78 is 6.50. The predicted octanol–water partition coefficient (Wildman–Crippen LogP) is 3.31. The van der Waals surface area contributed by atoms with Crippen LogP contribution in [0.15, 0.2) is 4.99 Å². The molecule has 1 unspecified atom stereocenters. The van der Waals surface area contributed by atoms with Gasteiger partial charge in [0, 0.05) is 6.42 Å². The zero-order valence-corrected chi connectivity index (χ0v) is 13.4. The molecule has 17 heavy (non-hydrogen) atoms. The van der Waals surface area contributed by atoms with Crippen molar-refractivity contribution in [2.75, 3.05) is 0 Å². The van der Waals surface area contributed by atoms with Crippen LogP contribution >= 0.6 is 0 Å². The first-order chi connectivity index (χ1) is 7.46. The molecular weight excluding hydrogens is 228 g/mol. The summed E-state index contributed by atoms with van der Waals surface area (Å²) >= 11 is 0. The first-order valence-electron chi connectivity index (χ1n) is 6.48. The molecule has 1 atom stereocenters. The van der Waals surface area contributed by atoms with Crippen LogP contribution in [0, 0.1) is 0 Å². The molecule has 0 aliphatic carbocycles. The highest BCUT2D eigenvalue weighted by Crippen LogP contribution is 2.41. The number of hydrogen-bond donors (Lipinski definition) is 1. The highest BCUT2D eigenvalue weighted by Gasteiger charge is 2.44. The smallest absolute Gasteiger partial charge is 0.192 e. The molecule has 3 nitrogen and oxygen atoms in total. The van der Waals surface area contributed by atoms with Crippen LogP contribution in [0.4, 0.5) is 0 Å². The molecule has 1 rings (SSSR count). The van der Waals surface area contributed by atoms with Gasteiger partial charge < -0.3 is 10.2 Å². The molecule has 0 saturated carbocycles. The van der Waals surface area contributed by atoms with Crippen LogP contribution in [0.1, 0.15) is 47.5 Å². The van der Waals surface area contributed by atoms with Crippen molar-refractivity contribution < 1.29 is 4.43 Å². The van der Waals surface area contributed by atoms with E-state index in [0.29, 0.717) is 0 Å². The molecule has 0 aromatic heterocycles. The Morgan fingerprint density at radius 2 is 1.76 bits per heavy atom. The molecule has 1 aliphatic rings. The Morgan fingerprint density at radius 3 is 2.12 bits per heavy atom. The van der Waals surface area contributed by atoms with Crippen molar-refractivity contribution >= 4 is 14.2 Å². The van der Waals surface area contributed by atoms with E-state index < -0.39 is 8.32 Å². The maximum atomic E-state index is 6.50. The molecule has 0 spiro atoms. The second-order valence-electron chi connectivity index (χ2n) is 7.14. The zero-order valence-electron chi connectivity index (χ0n) is 12.4. The van der Waals surface area contributed by atoms with E-state index in [1.807, 2.05) is 0 Å². The first-order valence-corrected chi connectivity index (χ1v) is 9.39. The van der Waals surface area contributed by atoms with Crippen LogP contribution in [-0.4, -0.2) is 25.8 Å². The average molecular weight is 256 g/mol. The predicted molar refractivity (Wildman–Crippen MR) is 77.0 cm³/mol. The van der Waals surface area contributed by atoms with Gasteiger partial charge in [-0.05, 0) is 38.4 Å². The van der Waals surface area contributed by atoms with E-state index in [9.17, 15) is 0 Å². The summed E-state index contributed by atoms with van der Waals surface area (Å²) in [6, 6.07) is 0.219. The van der Waals surface area contributed by atoms with E-state index in [2.05, 4.69) is 52.7 Å². The van der Waals surface area contributed by atoms with Crippen molar-refractivity contribution in [3.8, 4) is 0 Å². The Morgan fingerprint density at radius 1 is 1.24 bits per heavy atom. The number of nitrogens with zero attached hydrogens (tertiary/aromatic N) is 1. The van der Waals surface area contributed by atoms with Crippen LogP contribution in [0.25, 0.3) is 0 Å². The average Bonchev–Trinajstić information content (AvgIpc) is 2.48. The van der Waals surface area contributed by atoms with Gasteiger partial charge in [-0.1, -0.05) is 20.8 Å². The van der Waals surface area contributed by atoms with E-state index >= 15 is 0 Å². The quantitative estimate of drug-likeness (QED) is 0.788. The van der Waals surface area contributed by atoms with Crippen molar-refractivity contribution in [1.82, 2.24) is 0 Å². The minimum absolute atomic E-state index is 0.204. The Hall–Kier alpha value is -0.353. The largest absolute Gasteiger partial charge is 0.410 e. The second-order valence-corrected chi connectivity index (χ2v) is 11.9. The molecule has 4 heteroatoms. The van der Waals surface area contributed by atoms with Crippen LogP contribution < -0.4 is 5.73 Å². The summed E-state index contributed by atoms with van der Waals surface area (Å²) in [5, 5.41) is 0.234. The summed E-state index contributed by atoms with van der Waals surface area (Å²) in [5.41, 5.74) is 5.57. The lowest BCUT2D eigenvalue weighted by Gasteiger charge is -2.44. The molecule has 0 saturated heterocycles. The molecule has 0 aromatic rings. The second kappa shape index (κ2) is 4.39. The Labute approximate surface area is 107 Å². The lowest BCUT2D eigenvalue weighted by atomic mass is 9.97. The third-order valence-electron chi connectivity index (χ3n) is 4.12. The van der Waals surface area contributed by atoms with Gasteiger partial charge in [-0.3, -0.25) is 4.99 Å². The summed E-state index contributed by atoms with van der Waals surface area (Å²) in [6.45, 7) is 15.7. The number of aliphatic imine (C=N–C) groups is 1. The summed E-state index contributed by atoms with van der Waals surface area (Å²) in [7, 11) is -1.74. The van der Waals surface area contributed by atoms with E-state index in [1.54, 1.807) is 0 Å². The van der Waals surface area contributed by atoms with Gasteiger partial charge in [0.2, 0.25) is 0 Å². The monoisotopic (exact) mass is 256 g/mol. The summed E-state index contributed by atoms with van der Waals surface area (Å²) in [6.07, 6.45) is 1.93. The van der Waals surface area contributed by atoms with Crippen LogP contribution in [0.5, 0.6) is 0 Å². The fraction of sp³-hybridized carbons (Fsp3) is 0.923. The molecule has 0 bridgehead atoms. The first kappa shape index (κ1) is 14.7. The SMILES string of the molecule is CC(C)(O[Si](C)(C)C(C)(C)C)C1CCC(N)=N1. The molecule has 100 valence electrons. The van der Waals surface area contributed by atoms with E-state index in [4.69, 9.17) is 10.2 Å². The van der Waals surface area contributed by atoms with Gasteiger partial charge in [0.25, 0.3) is 0 Å². The number of rotatable bonds is 3. The fourth-order valence-corrected chi connectivity index (χ4v) is 3.75. The molecule has 1 aliphatic heterocycles. The maximum absolute atomic E-state index is 6.50. The van der Waals surface area contributed by atoms with Crippen molar-refractivity contribution in [1.29, 1.82) is 0 Å². The molecular formula is C13H28N2OSi. The summed E-state index contributed by atoms with van der Waals surface area (Å²) in [5.74, 6) is 0.780. The van der Waals surface area contributed by atoms with E-state index in [0.717, 1.165) is 18.7 Å². The topological polar surface area (TPSA) is 47.6 Å². The highest BCUT2D eigenvalue weighted by molar-refractivity contribution is 6.74. The summed E-state index contributed by atoms with van der Waals surface area (Å²) in [4.78, 5) is 4.52. The lowest BCUT2D eigenvalue weighted by molar-refractivity contribution is 0.0651. The third-order valence-corrected chi connectivity index (χ3v) is 8.77. The van der Waals surface area contributed by atoms with Gasteiger partial charge in [-0.25, -0.2) is 0 Å². The van der Waals surface area contributed by atoms with Gasteiger partial charge in [-0.15, -0.1) is 0 Å². The van der Waals surface area contributed by atoms with Crippen LogP contribution in [0.2, 0.25) is 18.1 Å². The molecule has 2 N–H and O–H groups in total. The van der Waals surface area contributed by atoms with Crippen LogP contribution in [0.3, 0.4) is 0 Å². The fourth-order valence-electron chi connectivity index (χ4n) is 2.00. The lowest BCUT2D eigenvalue weighted by Crippen LogP contribution is -2.51. The Bertz CT molecular complexity index is 316. The van der Waals surface area contributed by atoms with E-state index in [1.165, 1.54) is 0 Å². The standard InChI is InChI=1S/C13H28N2OSi/c1-12(2,3)17(6,7)16-13(4,5)10-8-9-11(14)15-10/h10H,8-9H2,1-7H3,(H2,14,15). The molecule has 1 heterocycles. The maximum Gasteiger partial charge on any atom is 0.192 e. The highest BCUT2D eigenvalue weighted by atomic mass is 28.4. The van der Waals surface area contributed by atoms with Crippen LogP contribution in [-0.2, 0) is 4.43 Å². The van der Waals surface area contributed by atoms with Crippen molar-refractivity contribution in [2.45, 2.75) is 77.2 Å². The Balaban J connectivity index is 2.80. The van der Waals surface area contributed by atoms with Gasteiger partial charge >= 0.3 is 0 Å². The minimum atomic E-state index is -1.74. The third kappa shape index (κ3) is 3.32. The molecule has 0 radical (unpaired) electrons. The van der Waals surface area contributed by atoms with Gasteiger partial charge in [0.05, 0.1) is 17.5 Å². The molecule has 0 aromatic carbocycles. The van der Waals surface area contributed by atoms with Gasteiger partial charge in [-0.2, -0.15) is 0 Å². The van der Waals surface area contributed by atoms with Crippen molar-refractivity contribution in [3.05, 3.63) is 0 Å². The number of amidine groups is 1. The Kier molecular flexibility index (Phi) is 3.80. The van der Waals surface area contributed by atoms with Gasteiger partial charge in [0.1, 0.15) is 0 Å². The normalized spacial score (nSPS) is 22.8. The minimum Gasteiger partial charge on any atom is -0.410 e.